The molecule has 0 spiro atoms. The van der Waals surface area contributed by atoms with Gasteiger partial charge in [0.2, 0.25) is 15.9 Å². The largest absolute Gasteiger partial charge is 0.497 e. The van der Waals surface area contributed by atoms with Crippen molar-refractivity contribution in [2.24, 2.45) is 0 Å². The van der Waals surface area contributed by atoms with E-state index in [4.69, 9.17) is 16.3 Å². The second-order valence-electron chi connectivity index (χ2n) is 5.98. The van der Waals surface area contributed by atoms with Gasteiger partial charge in [-0.2, -0.15) is 0 Å². The molecule has 2 aromatic carbocycles. The first-order valence-electron chi connectivity index (χ1n) is 8.56. The predicted octanol–water partition coefficient (Wildman–Crippen LogP) is 3.41. The van der Waals surface area contributed by atoms with E-state index >= 15 is 0 Å². The van der Waals surface area contributed by atoms with Gasteiger partial charge >= 0.3 is 0 Å². The average molecular weight is 443 g/mol. The van der Waals surface area contributed by atoms with Crippen LogP contribution in [-0.2, 0) is 14.8 Å². The van der Waals surface area contributed by atoms with Crippen LogP contribution in [0.4, 0.5) is 5.69 Å². The van der Waals surface area contributed by atoms with E-state index in [1.807, 2.05) is 24.3 Å². The second-order valence-corrected chi connectivity index (χ2v) is 9.49. The van der Waals surface area contributed by atoms with Crippen LogP contribution in [0, 0.1) is 0 Å². The number of methoxy groups -OCH3 is 1. The summed E-state index contributed by atoms with van der Waals surface area (Å²) in [7, 11) is -2.11. The third kappa shape index (κ3) is 7.26. The number of sulfonamides is 1. The van der Waals surface area contributed by atoms with Gasteiger partial charge in [0.25, 0.3) is 0 Å². The number of anilines is 1. The van der Waals surface area contributed by atoms with Gasteiger partial charge in [0.05, 0.1) is 19.1 Å². The molecule has 0 aliphatic heterocycles. The number of rotatable bonds is 10. The Hall–Kier alpha value is -1.90. The Labute approximate surface area is 175 Å². The zero-order valence-corrected chi connectivity index (χ0v) is 18.1. The minimum atomic E-state index is -3.61. The number of hydrogen-bond acceptors (Lipinski definition) is 5. The normalized spacial score (nSPS) is 11.1. The molecule has 1 amide bonds. The van der Waals surface area contributed by atoms with Crippen LogP contribution >= 0.6 is 23.4 Å². The molecule has 0 bridgehead atoms. The molecule has 6 nitrogen and oxygen atoms in total. The SMILES string of the molecule is COc1cccc(N(CC(=O)NCCCSc2ccc(Cl)cc2)S(C)(=O)=O)c1. The van der Waals surface area contributed by atoms with Gasteiger partial charge in [-0.3, -0.25) is 9.10 Å². The molecule has 0 aliphatic rings. The van der Waals surface area contributed by atoms with Crippen LogP contribution in [-0.4, -0.2) is 46.5 Å². The molecule has 0 saturated heterocycles. The van der Waals surface area contributed by atoms with Crippen LogP contribution in [0.15, 0.2) is 53.4 Å². The number of hydrogen-bond donors (Lipinski definition) is 1. The maximum absolute atomic E-state index is 12.2. The van der Waals surface area contributed by atoms with Gasteiger partial charge in [0.1, 0.15) is 12.3 Å². The van der Waals surface area contributed by atoms with E-state index in [1.54, 1.807) is 36.0 Å². The highest BCUT2D eigenvalue weighted by molar-refractivity contribution is 7.99. The fourth-order valence-electron chi connectivity index (χ4n) is 2.37. The molecule has 0 unspecified atom stereocenters. The van der Waals surface area contributed by atoms with Crippen molar-refractivity contribution >= 4 is 45.0 Å². The lowest BCUT2D eigenvalue weighted by Gasteiger charge is -2.22. The highest BCUT2D eigenvalue weighted by Gasteiger charge is 2.21. The number of halogens is 1. The summed E-state index contributed by atoms with van der Waals surface area (Å²) in [5.41, 5.74) is 0.385. The molecule has 152 valence electrons. The predicted molar refractivity (Wildman–Crippen MR) is 115 cm³/mol. The summed E-state index contributed by atoms with van der Waals surface area (Å²) in [5, 5.41) is 3.47. The highest BCUT2D eigenvalue weighted by Crippen LogP contribution is 2.23. The first kappa shape index (κ1) is 22.4. The zero-order valence-electron chi connectivity index (χ0n) is 15.7. The van der Waals surface area contributed by atoms with Crippen molar-refractivity contribution < 1.29 is 17.9 Å². The Balaban J connectivity index is 1.83. The Morgan fingerprint density at radius 3 is 2.57 bits per heavy atom. The standard InChI is InChI=1S/C19H23ClN2O4S2/c1-26-17-6-3-5-16(13-17)22(28(2,24)25)14-19(23)21-11-4-12-27-18-9-7-15(20)8-10-18/h3,5-10,13H,4,11-12,14H2,1-2H3,(H,21,23). The fraction of sp³-hybridized carbons (Fsp3) is 0.316. The first-order chi connectivity index (χ1) is 13.3. The quantitative estimate of drug-likeness (QED) is 0.450. The maximum atomic E-state index is 12.2. The van der Waals surface area contributed by atoms with Crippen LogP contribution in [0.25, 0.3) is 0 Å². The summed E-state index contributed by atoms with van der Waals surface area (Å²) in [6.07, 6.45) is 1.83. The lowest BCUT2D eigenvalue weighted by atomic mass is 10.3. The highest BCUT2D eigenvalue weighted by atomic mass is 35.5. The third-order valence-electron chi connectivity index (χ3n) is 3.75. The maximum Gasteiger partial charge on any atom is 0.240 e. The number of carbonyl (C=O) groups is 1. The Bertz CT molecular complexity index is 889. The monoisotopic (exact) mass is 442 g/mol. The number of nitrogens with one attached hydrogen (secondary N) is 1. The van der Waals surface area contributed by atoms with E-state index in [0.29, 0.717) is 23.0 Å². The van der Waals surface area contributed by atoms with Gasteiger partial charge < -0.3 is 10.1 Å². The molecule has 9 heteroatoms. The second kappa shape index (κ2) is 10.6. The summed E-state index contributed by atoms with van der Waals surface area (Å²) in [6, 6.07) is 14.2. The van der Waals surface area contributed by atoms with Gasteiger partial charge in [-0.1, -0.05) is 17.7 Å². The van der Waals surface area contributed by atoms with Gasteiger partial charge in [0, 0.05) is 22.5 Å². The van der Waals surface area contributed by atoms with Crippen LogP contribution < -0.4 is 14.4 Å². The van der Waals surface area contributed by atoms with Gasteiger partial charge in [-0.25, -0.2) is 8.42 Å². The van der Waals surface area contributed by atoms with Gasteiger partial charge in [-0.05, 0) is 48.6 Å². The van der Waals surface area contributed by atoms with Crippen molar-refractivity contribution in [1.29, 1.82) is 0 Å². The fourth-order valence-corrected chi connectivity index (χ4v) is 4.20. The van der Waals surface area contributed by atoms with Crippen molar-refractivity contribution in [2.45, 2.75) is 11.3 Å². The molecule has 2 rings (SSSR count). The van der Waals surface area contributed by atoms with Crippen LogP contribution in [0.2, 0.25) is 5.02 Å². The summed E-state index contributed by atoms with van der Waals surface area (Å²) in [4.78, 5) is 13.3. The van der Waals surface area contributed by atoms with E-state index in [2.05, 4.69) is 5.32 Å². The Morgan fingerprint density at radius 2 is 1.93 bits per heavy atom. The minimum Gasteiger partial charge on any atom is -0.497 e. The molecule has 2 aromatic rings. The number of nitrogens with zero attached hydrogens (tertiary/aromatic N) is 1. The molecular weight excluding hydrogens is 420 g/mol. The summed E-state index contributed by atoms with van der Waals surface area (Å²) in [5.74, 6) is 0.989. The van der Waals surface area contributed by atoms with Crippen LogP contribution in [0.5, 0.6) is 5.75 Å². The molecule has 0 aromatic heterocycles. The van der Waals surface area contributed by atoms with E-state index < -0.39 is 10.0 Å². The molecule has 0 saturated carbocycles. The van der Waals surface area contributed by atoms with Crippen molar-refractivity contribution in [3.63, 3.8) is 0 Å². The molecule has 28 heavy (non-hydrogen) atoms. The molecule has 0 heterocycles. The topological polar surface area (TPSA) is 75.7 Å². The molecule has 0 aliphatic carbocycles. The molecular formula is C19H23ClN2O4S2. The third-order valence-corrected chi connectivity index (χ3v) is 6.25. The lowest BCUT2D eigenvalue weighted by Crippen LogP contribution is -2.40. The summed E-state index contributed by atoms with van der Waals surface area (Å²) in [6.45, 7) is 0.186. The summed E-state index contributed by atoms with van der Waals surface area (Å²) >= 11 is 7.52. The first-order valence-corrected chi connectivity index (χ1v) is 11.8. The molecule has 0 radical (unpaired) electrons. The number of benzene rings is 2. The Kier molecular flexibility index (Phi) is 8.47. The van der Waals surface area contributed by atoms with Gasteiger partial charge in [-0.15, -0.1) is 11.8 Å². The van der Waals surface area contributed by atoms with Crippen LogP contribution in [0.1, 0.15) is 6.42 Å². The van der Waals surface area contributed by atoms with E-state index in [0.717, 1.165) is 27.6 Å². The van der Waals surface area contributed by atoms with Crippen molar-refractivity contribution in [3.05, 3.63) is 53.6 Å². The number of ether oxygens (including phenoxy) is 1. The Morgan fingerprint density at radius 1 is 1.21 bits per heavy atom. The van der Waals surface area contributed by atoms with Crippen molar-refractivity contribution in [2.75, 3.05) is 36.5 Å². The van der Waals surface area contributed by atoms with E-state index in [1.165, 1.54) is 7.11 Å². The van der Waals surface area contributed by atoms with Crippen molar-refractivity contribution in [3.8, 4) is 5.75 Å². The lowest BCUT2D eigenvalue weighted by molar-refractivity contribution is -0.119. The average Bonchev–Trinajstić information content (AvgIpc) is 2.66. The molecule has 0 fully saturated rings. The smallest absolute Gasteiger partial charge is 0.240 e. The number of thioether (sulfide) groups is 1. The summed E-state index contributed by atoms with van der Waals surface area (Å²) < 4.78 is 30.4. The number of amides is 1. The minimum absolute atomic E-state index is 0.281. The zero-order chi connectivity index (χ0) is 20.6. The molecule has 0 atom stereocenters. The number of carbonyl (C=O) groups excluding carboxylic acids is 1. The van der Waals surface area contributed by atoms with Crippen molar-refractivity contribution in [1.82, 2.24) is 5.32 Å². The van der Waals surface area contributed by atoms with E-state index in [-0.39, 0.29) is 12.5 Å². The van der Waals surface area contributed by atoms with Gasteiger partial charge in [0.15, 0.2) is 0 Å². The van der Waals surface area contributed by atoms with Crippen LogP contribution in [0.3, 0.4) is 0 Å². The van der Waals surface area contributed by atoms with E-state index in [9.17, 15) is 13.2 Å². The molecule has 1 N–H and O–H groups in total.